The number of anilines is 2. The second kappa shape index (κ2) is 7.11. The number of aromatic nitrogens is 1. The number of nitrogens with one attached hydrogen (secondary N) is 1. The van der Waals surface area contributed by atoms with Gasteiger partial charge in [-0.05, 0) is 55.8 Å². The summed E-state index contributed by atoms with van der Waals surface area (Å²) in [6, 6.07) is 19.3. The molecule has 1 atom stereocenters. The van der Waals surface area contributed by atoms with Crippen LogP contribution in [0.1, 0.15) is 34.6 Å². The van der Waals surface area contributed by atoms with Gasteiger partial charge in [0.25, 0.3) is 5.91 Å². The maximum absolute atomic E-state index is 13.0. The summed E-state index contributed by atoms with van der Waals surface area (Å²) in [6.07, 6.45) is 1.46. The van der Waals surface area contributed by atoms with Gasteiger partial charge in [-0.15, -0.1) is 0 Å². The molecule has 136 valence electrons. The van der Waals surface area contributed by atoms with Gasteiger partial charge in [-0.1, -0.05) is 24.3 Å². The van der Waals surface area contributed by atoms with Gasteiger partial charge in [0.2, 0.25) is 0 Å². The number of pyridine rings is 1. The van der Waals surface area contributed by atoms with Crippen molar-refractivity contribution in [2.45, 2.75) is 20.0 Å². The lowest BCUT2D eigenvalue weighted by Gasteiger charge is -2.26. The molecule has 1 aromatic heterocycles. The Labute approximate surface area is 158 Å². The molecule has 5 nitrogen and oxygen atoms in total. The van der Waals surface area contributed by atoms with Crippen molar-refractivity contribution in [2.24, 2.45) is 0 Å². The lowest BCUT2D eigenvalue weighted by atomic mass is 10.1. The zero-order valence-corrected chi connectivity index (χ0v) is 15.3. The van der Waals surface area contributed by atoms with E-state index in [1.54, 1.807) is 11.1 Å². The largest absolute Gasteiger partial charge is 0.494 e. The molecule has 27 heavy (non-hydrogen) atoms. The summed E-state index contributed by atoms with van der Waals surface area (Å²) in [4.78, 5) is 19.2. The summed E-state index contributed by atoms with van der Waals surface area (Å²) in [5.41, 5.74) is 3.60. The molecule has 1 aliphatic heterocycles. The molecule has 2 heterocycles. The van der Waals surface area contributed by atoms with Crippen molar-refractivity contribution in [1.29, 1.82) is 0 Å². The van der Waals surface area contributed by atoms with Crippen molar-refractivity contribution < 1.29 is 9.53 Å². The topological polar surface area (TPSA) is 54.5 Å². The summed E-state index contributed by atoms with van der Waals surface area (Å²) in [5.74, 6) is 1.40. The van der Waals surface area contributed by atoms with E-state index in [-0.39, 0.29) is 12.1 Å². The van der Waals surface area contributed by atoms with Crippen LogP contribution in [0.5, 0.6) is 5.75 Å². The first-order valence-electron chi connectivity index (χ1n) is 9.02. The highest BCUT2D eigenvalue weighted by Crippen LogP contribution is 2.37. The molecule has 1 aliphatic rings. The smallest absolute Gasteiger partial charge is 0.261 e. The van der Waals surface area contributed by atoms with Gasteiger partial charge in [0, 0.05) is 23.0 Å². The van der Waals surface area contributed by atoms with Crippen molar-refractivity contribution in [3.05, 3.63) is 83.6 Å². The van der Waals surface area contributed by atoms with Crippen LogP contribution >= 0.6 is 0 Å². The molecule has 5 heteroatoms. The first-order valence-corrected chi connectivity index (χ1v) is 9.02. The lowest BCUT2D eigenvalue weighted by molar-refractivity contribution is 0.0992. The molecule has 0 saturated heterocycles. The Balaban J connectivity index is 1.70. The van der Waals surface area contributed by atoms with Crippen LogP contribution in [0.2, 0.25) is 0 Å². The third-order valence-electron chi connectivity index (χ3n) is 4.57. The summed E-state index contributed by atoms with van der Waals surface area (Å²) in [7, 11) is 0. The maximum atomic E-state index is 13.0. The quantitative estimate of drug-likeness (QED) is 0.726. The first-order chi connectivity index (χ1) is 13.2. The molecule has 0 fully saturated rings. The fourth-order valence-corrected chi connectivity index (χ4v) is 3.27. The zero-order chi connectivity index (χ0) is 18.8. The van der Waals surface area contributed by atoms with Gasteiger partial charge in [-0.3, -0.25) is 9.69 Å². The minimum atomic E-state index is -0.318. The molecule has 0 aliphatic carbocycles. The monoisotopic (exact) mass is 359 g/mol. The molecule has 1 N–H and O–H groups in total. The fourth-order valence-electron chi connectivity index (χ4n) is 3.27. The van der Waals surface area contributed by atoms with Crippen molar-refractivity contribution in [2.75, 3.05) is 16.8 Å². The number of hydrogen-bond acceptors (Lipinski definition) is 4. The van der Waals surface area contributed by atoms with Gasteiger partial charge in [-0.2, -0.15) is 0 Å². The minimum absolute atomic E-state index is 0.0506. The van der Waals surface area contributed by atoms with Gasteiger partial charge in [0.05, 0.1) is 6.61 Å². The molecule has 0 spiro atoms. The van der Waals surface area contributed by atoms with Crippen molar-refractivity contribution in [3.8, 4) is 5.75 Å². The van der Waals surface area contributed by atoms with Gasteiger partial charge in [0.15, 0.2) is 0 Å². The molecule has 4 rings (SSSR count). The Morgan fingerprint density at radius 1 is 1.07 bits per heavy atom. The number of carbonyl (C=O) groups is 1. The molecule has 0 unspecified atom stereocenters. The molecular weight excluding hydrogens is 338 g/mol. The van der Waals surface area contributed by atoms with Crippen LogP contribution in [0.4, 0.5) is 11.5 Å². The number of benzene rings is 2. The first kappa shape index (κ1) is 17.1. The van der Waals surface area contributed by atoms with Gasteiger partial charge >= 0.3 is 0 Å². The van der Waals surface area contributed by atoms with E-state index in [0.717, 1.165) is 22.6 Å². The zero-order valence-electron chi connectivity index (χ0n) is 15.3. The van der Waals surface area contributed by atoms with Crippen LogP contribution in [0, 0.1) is 6.92 Å². The molecule has 0 radical (unpaired) electrons. The van der Waals surface area contributed by atoms with Crippen LogP contribution in [-0.2, 0) is 0 Å². The molecule has 0 saturated carbocycles. The third kappa shape index (κ3) is 3.24. The van der Waals surface area contributed by atoms with Crippen molar-refractivity contribution in [1.82, 2.24) is 4.98 Å². The number of carbonyl (C=O) groups excluding carboxylic acids is 1. The van der Waals surface area contributed by atoms with E-state index in [1.165, 1.54) is 0 Å². The van der Waals surface area contributed by atoms with Crippen LogP contribution in [0.15, 0.2) is 66.9 Å². The number of aryl methyl sites for hydroxylation is 1. The fraction of sp³-hybridized carbons (Fsp3) is 0.182. The molecule has 1 amide bonds. The Hall–Kier alpha value is -3.34. The SMILES string of the molecule is CCOc1ccc(N[C@@H]2c3ccccc3C(=O)N2c2ccc(C)cn2)cc1. The predicted octanol–water partition coefficient (Wildman–Crippen LogP) is 4.56. The van der Waals surface area contributed by atoms with E-state index in [1.807, 2.05) is 74.5 Å². The highest BCUT2D eigenvalue weighted by molar-refractivity contribution is 6.11. The van der Waals surface area contributed by atoms with Crippen molar-refractivity contribution in [3.63, 3.8) is 0 Å². The second-order valence-corrected chi connectivity index (χ2v) is 6.46. The standard InChI is InChI=1S/C22H21N3O2/c1-3-27-17-11-9-16(10-12-17)24-21-18-6-4-5-7-19(18)22(26)25(21)20-13-8-15(2)14-23-20/h4-14,21,24H,3H2,1-2H3/t21-/m0/s1. The molecule has 0 bridgehead atoms. The molecule has 2 aromatic carbocycles. The van der Waals surface area contributed by atoms with Gasteiger partial charge < -0.3 is 10.1 Å². The molecule has 3 aromatic rings. The van der Waals surface area contributed by atoms with Gasteiger partial charge in [-0.25, -0.2) is 4.98 Å². The third-order valence-corrected chi connectivity index (χ3v) is 4.57. The Bertz CT molecular complexity index is 952. The Morgan fingerprint density at radius 3 is 2.56 bits per heavy atom. The average molecular weight is 359 g/mol. The van der Waals surface area contributed by atoms with E-state index in [4.69, 9.17) is 4.74 Å². The van der Waals surface area contributed by atoms with E-state index >= 15 is 0 Å². The van der Waals surface area contributed by atoms with E-state index in [0.29, 0.717) is 18.0 Å². The predicted molar refractivity (Wildman–Crippen MR) is 106 cm³/mol. The molecular formula is C22H21N3O2. The van der Waals surface area contributed by atoms with Crippen molar-refractivity contribution >= 4 is 17.4 Å². The summed E-state index contributed by atoms with van der Waals surface area (Å²) in [5, 5.41) is 3.47. The highest BCUT2D eigenvalue weighted by atomic mass is 16.5. The van der Waals surface area contributed by atoms with E-state index in [2.05, 4.69) is 10.3 Å². The van der Waals surface area contributed by atoms with E-state index in [9.17, 15) is 4.79 Å². The lowest BCUT2D eigenvalue weighted by Crippen LogP contribution is -2.32. The van der Waals surface area contributed by atoms with Crippen LogP contribution in [-0.4, -0.2) is 17.5 Å². The van der Waals surface area contributed by atoms with Crippen LogP contribution < -0.4 is 15.0 Å². The minimum Gasteiger partial charge on any atom is -0.494 e. The maximum Gasteiger partial charge on any atom is 0.261 e. The van der Waals surface area contributed by atoms with Crippen LogP contribution in [0.3, 0.4) is 0 Å². The summed E-state index contributed by atoms with van der Waals surface area (Å²) < 4.78 is 5.50. The number of ether oxygens (including phenoxy) is 1. The van der Waals surface area contributed by atoms with Gasteiger partial charge in [0.1, 0.15) is 17.7 Å². The summed E-state index contributed by atoms with van der Waals surface area (Å²) in [6.45, 7) is 4.57. The highest BCUT2D eigenvalue weighted by Gasteiger charge is 2.38. The number of hydrogen-bond donors (Lipinski definition) is 1. The number of rotatable bonds is 5. The Kier molecular flexibility index (Phi) is 4.50. The van der Waals surface area contributed by atoms with Crippen LogP contribution in [0.25, 0.3) is 0 Å². The number of nitrogens with zero attached hydrogens (tertiary/aromatic N) is 2. The summed E-state index contributed by atoms with van der Waals surface area (Å²) >= 11 is 0. The normalized spacial score (nSPS) is 15.6. The average Bonchev–Trinajstić information content (AvgIpc) is 2.97. The Morgan fingerprint density at radius 2 is 1.85 bits per heavy atom. The second-order valence-electron chi connectivity index (χ2n) is 6.46. The number of amides is 1. The number of fused-ring (bicyclic) bond motifs is 1. The van der Waals surface area contributed by atoms with E-state index < -0.39 is 0 Å².